The third kappa shape index (κ3) is 4.23. The van der Waals surface area contributed by atoms with Gasteiger partial charge in [-0.15, -0.1) is 0 Å². The molecular formula is C22H25N3O2S. The first-order chi connectivity index (χ1) is 13.7. The molecule has 28 heavy (non-hydrogen) atoms. The van der Waals surface area contributed by atoms with E-state index < -0.39 is 0 Å². The summed E-state index contributed by atoms with van der Waals surface area (Å²) < 4.78 is 1.83. The molecule has 1 heterocycles. The summed E-state index contributed by atoms with van der Waals surface area (Å²) in [5.74, 6) is 0.750. The summed E-state index contributed by atoms with van der Waals surface area (Å²) in [5.41, 5.74) is 1.90. The Hall–Kier alpha value is -2.31. The monoisotopic (exact) mass is 395 g/mol. The lowest BCUT2D eigenvalue weighted by molar-refractivity contribution is -0.122. The number of fused-ring (bicyclic) bond motifs is 1. The Labute approximate surface area is 169 Å². The number of imidazole rings is 1. The normalized spacial score (nSPS) is 14.6. The highest BCUT2D eigenvalue weighted by Gasteiger charge is 2.19. The van der Waals surface area contributed by atoms with E-state index in [0.29, 0.717) is 11.7 Å². The first-order valence-electron chi connectivity index (χ1n) is 9.78. The zero-order valence-electron chi connectivity index (χ0n) is 15.8. The van der Waals surface area contributed by atoms with Crippen molar-refractivity contribution in [3.05, 3.63) is 59.9 Å². The molecule has 0 atom stereocenters. The Morgan fingerprint density at radius 1 is 1.18 bits per heavy atom. The summed E-state index contributed by atoms with van der Waals surface area (Å²) in [6.45, 7) is 0.0722. The number of benzene rings is 2. The number of carbonyl (C=O) groups excluding carboxylic acids is 1. The van der Waals surface area contributed by atoms with Gasteiger partial charge in [-0.25, -0.2) is 4.98 Å². The SMILES string of the molecule is O=C(Cn1c(CO)cnc1SCc1cccc2ccccc12)NC1CCCC1. The summed E-state index contributed by atoms with van der Waals surface area (Å²) in [6, 6.07) is 14.9. The smallest absolute Gasteiger partial charge is 0.240 e. The maximum atomic E-state index is 12.5. The maximum absolute atomic E-state index is 12.5. The van der Waals surface area contributed by atoms with Crippen molar-refractivity contribution in [3.63, 3.8) is 0 Å². The number of aromatic nitrogens is 2. The molecule has 5 nitrogen and oxygen atoms in total. The molecule has 6 heteroatoms. The molecule has 146 valence electrons. The summed E-state index contributed by atoms with van der Waals surface area (Å²) in [5, 5.41) is 16.0. The highest BCUT2D eigenvalue weighted by atomic mass is 32.2. The molecule has 0 saturated heterocycles. The van der Waals surface area contributed by atoms with Crippen LogP contribution in [0, 0.1) is 0 Å². The van der Waals surface area contributed by atoms with E-state index in [1.807, 2.05) is 10.6 Å². The topological polar surface area (TPSA) is 67.2 Å². The summed E-state index contributed by atoms with van der Waals surface area (Å²) >= 11 is 1.60. The minimum absolute atomic E-state index is 0.00777. The molecule has 1 aromatic heterocycles. The van der Waals surface area contributed by atoms with Crippen LogP contribution in [0.1, 0.15) is 36.9 Å². The number of amides is 1. The van der Waals surface area contributed by atoms with Gasteiger partial charge in [0.15, 0.2) is 5.16 Å². The van der Waals surface area contributed by atoms with Gasteiger partial charge in [-0.2, -0.15) is 0 Å². The van der Waals surface area contributed by atoms with Crippen LogP contribution in [-0.2, 0) is 23.7 Å². The van der Waals surface area contributed by atoms with Crippen molar-refractivity contribution in [1.82, 2.24) is 14.9 Å². The number of thioether (sulfide) groups is 1. The Morgan fingerprint density at radius 3 is 2.79 bits per heavy atom. The molecule has 1 aliphatic carbocycles. The van der Waals surface area contributed by atoms with Gasteiger partial charge in [-0.1, -0.05) is 67.1 Å². The largest absolute Gasteiger partial charge is 0.390 e. The highest BCUT2D eigenvalue weighted by Crippen LogP contribution is 2.27. The van der Waals surface area contributed by atoms with E-state index in [-0.39, 0.29) is 19.1 Å². The van der Waals surface area contributed by atoms with Crippen LogP contribution in [-0.4, -0.2) is 26.6 Å². The summed E-state index contributed by atoms with van der Waals surface area (Å²) in [6.07, 6.45) is 6.15. The molecule has 0 aliphatic heterocycles. The fraction of sp³-hybridized carbons (Fsp3) is 0.364. The Kier molecular flexibility index (Phi) is 5.98. The number of hydrogen-bond donors (Lipinski definition) is 2. The van der Waals surface area contributed by atoms with E-state index >= 15 is 0 Å². The van der Waals surface area contributed by atoms with Crippen molar-refractivity contribution in [1.29, 1.82) is 0 Å². The second-order valence-corrected chi connectivity index (χ2v) is 8.19. The van der Waals surface area contributed by atoms with Crippen molar-refractivity contribution >= 4 is 28.4 Å². The Bertz CT molecular complexity index is 958. The van der Waals surface area contributed by atoms with E-state index in [1.54, 1.807) is 18.0 Å². The average molecular weight is 396 g/mol. The van der Waals surface area contributed by atoms with Crippen LogP contribution in [0.3, 0.4) is 0 Å². The standard InChI is InChI=1S/C22H25N3O2S/c26-14-19-12-23-22(25(19)13-21(27)24-18-9-2-3-10-18)28-15-17-8-5-7-16-6-1-4-11-20(16)17/h1,4-8,11-12,18,26H,2-3,9-10,13-15H2,(H,24,27). The molecule has 2 N–H and O–H groups in total. The van der Waals surface area contributed by atoms with E-state index in [4.69, 9.17) is 0 Å². The minimum Gasteiger partial charge on any atom is -0.390 e. The zero-order valence-corrected chi connectivity index (χ0v) is 16.6. The van der Waals surface area contributed by atoms with Gasteiger partial charge in [0.25, 0.3) is 0 Å². The predicted molar refractivity (Wildman–Crippen MR) is 112 cm³/mol. The lowest BCUT2D eigenvalue weighted by atomic mass is 10.1. The third-order valence-corrected chi connectivity index (χ3v) is 6.36. The van der Waals surface area contributed by atoms with E-state index in [1.165, 1.54) is 29.2 Å². The second-order valence-electron chi connectivity index (χ2n) is 7.25. The van der Waals surface area contributed by atoms with Crippen LogP contribution >= 0.6 is 11.8 Å². The van der Waals surface area contributed by atoms with E-state index in [2.05, 4.69) is 46.7 Å². The number of nitrogens with one attached hydrogen (secondary N) is 1. The zero-order chi connectivity index (χ0) is 19.3. The second kappa shape index (κ2) is 8.80. The molecule has 4 rings (SSSR count). The molecule has 0 unspecified atom stereocenters. The van der Waals surface area contributed by atoms with Gasteiger partial charge in [0, 0.05) is 11.8 Å². The Balaban J connectivity index is 1.48. The van der Waals surface area contributed by atoms with Gasteiger partial charge in [0.1, 0.15) is 6.54 Å². The molecule has 0 radical (unpaired) electrons. The van der Waals surface area contributed by atoms with Crippen LogP contribution < -0.4 is 5.32 Å². The molecule has 0 bridgehead atoms. The van der Waals surface area contributed by atoms with Gasteiger partial charge in [0.2, 0.25) is 5.91 Å². The molecular weight excluding hydrogens is 370 g/mol. The summed E-state index contributed by atoms with van der Waals surface area (Å²) in [7, 11) is 0. The molecule has 0 spiro atoms. The number of carbonyl (C=O) groups is 1. The number of nitrogens with zero attached hydrogens (tertiary/aromatic N) is 2. The van der Waals surface area contributed by atoms with Crippen LogP contribution in [0.5, 0.6) is 0 Å². The fourth-order valence-electron chi connectivity index (χ4n) is 3.85. The first-order valence-corrected chi connectivity index (χ1v) is 10.8. The molecule has 3 aromatic rings. The highest BCUT2D eigenvalue weighted by molar-refractivity contribution is 7.98. The van der Waals surface area contributed by atoms with Crippen molar-refractivity contribution in [2.24, 2.45) is 0 Å². The van der Waals surface area contributed by atoms with Gasteiger partial charge in [0.05, 0.1) is 18.5 Å². The molecule has 2 aromatic carbocycles. The molecule has 1 amide bonds. The van der Waals surface area contributed by atoms with Crippen molar-refractivity contribution in [2.45, 2.75) is 55.8 Å². The van der Waals surface area contributed by atoms with Gasteiger partial charge < -0.3 is 15.0 Å². The van der Waals surface area contributed by atoms with Crippen LogP contribution in [0.15, 0.2) is 53.8 Å². The van der Waals surface area contributed by atoms with Crippen LogP contribution in [0.2, 0.25) is 0 Å². The maximum Gasteiger partial charge on any atom is 0.240 e. The van der Waals surface area contributed by atoms with Crippen molar-refractivity contribution < 1.29 is 9.90 Å². The minimum atomic E-state index is -0.126. The van der Waals surface area contributed by atoms with Gasteiger partial charge in [-0.3, -0.25) is 4.79 Å². The molecule has 1 aliphatic rings. The molecule has 1 fully saturated rings. The predicted octanol–water partition coefficient (Wildman–Crippen LogP) is 3.88. The lowest BCUT2D eigenvalue weighted by Crippen LogP contribution is -2.35. The number of hydrogen-bond acceptors (Lipinski definition) is 4. The van der Waals surface area contributed by atoms with Crippen LogP contribution in [0.25, 0.3) is 10.8 Å². The molecule has 1 saturated carbocycles. The number of aliphatic hydroxyl groups is 1. The van der Waals surface area contributed by atoms with Crippen LogP contribution in [0.4, 0.5) is 0 Å². The van der Waals surface area contributed by atoms with Crippen molar-refractivity contribution in [3.8, 4) is 0 Å². The first kappa shape index (κ1) is 19.0. The summed E-state index contributed by atoms with van der Waals surface area (Å²) in [4.78, 5) is 16.9. The van der Waals surface area contributed by atoms with Gasteiger partial charge >= 0.3 is 0 Å². The van der Waals surface area contributed by atoms with Gasteiger partial charge in [-0.05, 0) is 29.2 Å². The number of rotatable bonds is 7. The number of aliphatic hydroxyl groups excluding tert-OH is 1. The van der Waals surface area contributed by atoms with E-state index in [9.17, 15) is 9.90 Å². The van der Waals surface area contributed by atoms with Crippen molar-refractivity contribution in [2.75, 3.05) is 0 Å². The lowest BCUT2D eigenvalue weighted by Gasteiger charge is -2.15. The quantitative estimate of drug-likeness (QED) is 0.596. The van der Waals surface area contributed by atoms with E-state index in [0.717, 1.165) is 23.8 Å². The average Bonchev–Trinajstić information content (AvgIpc) is 3.36. The fourth-order valence-corrected chi connectivity index (χ4v) is 4.85. The third-order valence-electron chi connectivity index (χ3n) is 5.32. The Morgan fingerprint density at radius 2 is 1.96 bits per heavy atom.